The highest BCUT2D eigenvalue weighted by molar-refractivity contribution is 5.85. The van der Waals surface area contributed by atoms with Gasteiger partial charge in [-0.25, -0.2) is 19.6 Å². The summed E-state index contributed by atoms with van der Waals surface area (Å²) in [6, 6.07) is 9.63. The molecule has 2 heterocycles. The predicted molar refractivity (Wildman–Crippen MR) is 129 cm³/mol. The molecule has 2 rings (SSSR count). The lowest BCUT2D eigenvalue weighted by Crippen LogP contribution is -2.31. The second-order valence-corrected chi connectivity index (χ2v) is 7.86. The fourth-order valence-electron chi connectivity index (χ4n) is 3.36. The molecule has 0 aliphatic heterocycles. The number of nitrogens with zero attached hydrogens (tertiary/aromatic N) is 4. The molecule has 0 aromatic carbocycles. The lowest BCUT2D eigenvalue weighted by Gasteiger charge is -2.21. The Hall–Kier alpha value is -3.00. The van der Waals surface area contributed by atoms with Crippen LogP contribution in [0.25, 0.3) is 0 Å². The Morgan fingerprint density at radius 1 is 0.667 bits per heavy atom. The van der Waals surface area contributed by atoms with E-state index in [-0.39, 0.29) is 24.6 Å². The third-order valence-electron chi connectivity index (χ3n) is 5.13. The lowest BCUT2D eigenvalue weighted by atomic mass is 10.3. The zero-order valence-corrected chi connectivity index (χ0v) is 20.2. The maximum Gasteiger partial charge on any atom is 0.354 e. The van der Waals surface area contributed by atoms with Crippen LogP contribution in [0.5, 0.6) is 0 Å². The minimum Gasteiger partial charge on any atom is -0.477 e. The summed E-state index contributed by atoms with van der Waals surface area (Å²) < 4.78 is 11.2. The van der Waals surface area contributed by atoms with Gasteiger partial charge in [0.25, 0.3) is 0 Å². The van der Waals surface area contributed by atoms with E-state index in [9.17, 15) is 19.8 Å². The normalized spacial score (nSPS) is 11.3. The van der Waals surface area contributed by atoms with Crippen molar-refractivity contribution in [3.05, 3.63) is 59.2 Å². The summed E-state index contributed by atoms with van der Waals surface area (Å²) in [5.74, 6) is -2.17. The lowest BCUT2D eigenvalue weighted by molar-refractivity contribution is 0.0268. The molecule has 4 N–H and O–H groups in total. The first-order valence-corrected chi connectivity index (χ1v) is 11.6. The first-order valence-electron chi connectivity index (χ1n) is 11.6. The second-order valence-electron chi connectivity index (χ2n) is 7.86. The average Bonchev–Trinajstić information content (AvgIpc) is 2.86. The Morgan fingerprint density at radius 2 is 1.08 bits per heavy atom. The number of carboxylic acid groups (broad SMARTS) is 2. The topological polar surface area (TPSA) is 166 Å². The van der Waals surface area contributed by atoms with Crippen molar-refractivity contribution in [2.24, 2.45) is 0 Å². The summed E-state index contributed by atoms with van der Waals surface area (Å²) in [7, 11) is 0. The number of carboxylic acids is 2. The minimum atomic E-state index is -1.09. The molecule has 0 unspecified atom stereocenters. The third-order valence-corrected chi connectivity index (χ3v) is 5.13. The molecule has 2 aromatic heterocycles. The van der Waals surface area contributed by atoms with Crippen LogP contribution < -0.4 is 0 Å². The van der Waals surface area contributed by atoms with Gasteiger partial charge in [0.1, 0.15) is 11.4 Å². The monoisotopic (exact) mass is 506 g/mol. The minimum absolute atomic E-state index is 0.0209. The molecule has 0 aliphatic carbocycles. The number of pyridine rings is 2. The fraction of sp³-hybridized carbons (Fsp3) is 0.500. The van der Waals surface area contributed by atoms with Gasteiger partial charge in [0.05, 0.1) is 51.0 Å². The van der Waals surface area contributed by atoms with Crippen molar-refractivity contribution in [3.63, 3.8) is 0 Å². The third kappa shape index (κ3) is 11.2. The van der Waals surface area contributed by atoms with Crippen LogP contribution in [0.3, 0.4) is 0 Å². The molecule has 198 valence electrons. The standard InChI is InChI=1S/C24H34N4O8/c29-11-7-27(17-19-3-1-5-21(25-19)23(31)32)9-13-35-15-16-36-14-10-28(8-12-30)18-20-4-2-6-22(26-20)24(33)34/h1-6,29-30H,7-18H2,(H,31,32)(H,33,34). The van der Waals surface area contributed by atoms with Crippen molar-refractivity contribution in [1.82, 2.24) is 19.8 Å². The van der Waals surface area contributed by atoms with Crippen molar-refractivity contribution in [1.29, 1.82) is 0 Å². The Balaban J connectivity index is 1.65. The number of hydrogen-bond donors (Lipinski definition) is 4. The van der Waals surface area contributed by atoms with E-state index in [0.717, 1.165) is 0 Å². The van der Waals surface area contributed by atoms with Crippen LogP contribution in [0.1, 0.15) is 32.4 Å². The molecule has 0 bridgehead atoms. The van der Waals surface area contributed by atoms with Gasteiger partial charge in [-0.1, -0.05) is 12.1 Å². The first kappa shape index (κ1) is 29.2. The molecule has 0 atom stereocenters. The van der Waals surface area contributed by atoms with Crippen molar-refractivity contribution >= 4 is 11.9 Å². The molecular formula is C24H34N4O8. The maximum absolute atomic E-state index is 11.1. The van der Waals surface area contributed by atoms with E-state index < -0.39 is 11.9 Å². The molecule has 0 amide bonds. The van der Waals surface area contributed by atoms with E-state index in [1.807, 2.05) is 9.80 Å². The Kier molecular flexibility index (Phi) is 13.5. The van der Waals surface area contributed by atoms with Crippen molar-refractivity contribution in [2.75, 3.05) is 65.8 Å². The van der Waals surface area contributed by atoms with Crippen molar-refractivity contribution in [2.45, 2.75) is 13.1 Å². The zero-order valence-electron chi connectivity index (χ0n) is 20.2. The van der Waals surface area contributed by atoms with Crippen molar-refractivity contribution in [3.8, 4) is 0 Å². The van der Waals surface area contributed by atoms with Crippen LogP contribution in [-0.2, 0) is 22.6 Å². The summed E-state index contributed by atoms with van der Waals surface area (Å²) in [4.78, 5) is 34.2. The van der Waals surface area contributed by atoms with Gasteiger partial charge in [-0.2, -0.15) is 0 Å². The van der Waals surface area contributed by atoms with Gasteiger partial charge < -0.3 is 29.9 Å². The van der Waals surface area contributed by atoms with E-state index in [2.05, 4.69) is 9.97 Å². The maximum atomic E-state index is 11.1. The number of hydrogen-bond acceptors (Lipinski definition) is 10. The van der Waals surface area contributed by atoms with Gasteiger partial charge in [-0.05, 0) is 24.3 Å². The van der Waals surface area contributed by atoms with Gasteiger partial charge >= 0.3 is 11.9 Å². The van der Waals surface area contributed by atoms with E-state index in [1.165, 1.54) is 12.1 Å². The SMILES string of the molecule is O=C(O)c1cccc(CN(CCO)CCOCCOCCN(CCO)Cc2cccc(C(=O)O)n2)n1. The molecule has 0 saturated heterocycles. The number of aliphatic hydroxyl groups excluding tert-OH is 2. The van der Waals surface area contributed by atoms with Gasteiger partial charge in [0.15, 0.2) is 0 Å². The van der Waals surface area contributed by atoms with Crippen LogP contribution in [0.2, 0.25) is 0 Å². The van der Waals surface area contributed by atoms with Gasteiger partial charge in [-0.15, -0.1) is 0 Å². The highest BCUT2D eigenvalue weighted by Crippen LogP contribution is 2.05. The highest BCUT2D eigenvalue weighted by Gasteiger charge is 2.11. The summed E-state index contributed by atoms with van der Waals surface area (Å²) in [6.45, 7) is 4.16. The molecule has 0 fully saturated rings. The largest absolute Gasteiger partial charge is 0.477 e. The van der Waals surface area contributed by atoms with Crippen LogP contribution in [-0.4, -0.2) is 118 Å². The van der Waals surface area contributed by atoms with Gasteiger partial charge in [0.2, 0.25) is 0 Å². The second kappa shape index (κ2) is 16.6. The first-order chi connectivity index (χ1) is 17.4. The number of aromatic carboxylic acids is 2. The van der Waals surface area contributed by atoms with Crippen LogP contribution in [0, 0.1) is 0 Å². The molecule has 12 nitrogen and oxygen atoms in total. The summed E-state index contributed by atoms with van der Waals surface area (Å²) >= 11 is 0. The molecule has 0 aliphatic rings. The average molecular weight is 507 g/mol. The molecular weight excluding hydrogens is 472 g/mol. The quantitative estimate of drug-likeness (QED) is 0.191. The smallest absolute Gasteiger partial charge is 0.354 e. The number of rotatable bonds is 19. The van der Waals surface area contributed by atoms with Gasteiger partial charge in [-0.3, -0.25) is 9.80 Å². The van der Waals surface area contributed by atoms with E-state index in [0.29, 0.717) is 77.1 Å². The molecule has 36 heavy (non-hydrogen) atoms. The number of carbonyl (C=O) groups is 2. The molecule has 0 spiro atoms. The summed E-state index contributed by atoms with van der Waals surface area (Å²) in [5.41, 5.74) is 1.16. The van der Waals surface area contributed by atoms with E-state index in [1.54, 1.807) is 24.3 Å². The number of ether oxygens (including phenoxy) is 2. The van der Waals surface area contributed by atoms with Crippen LogP contribution in [0.15, 0.2) is 36.4 Å². The zero-order chi connectivity index (χ0) is 26.2. The molecule has 0 radical (unpaired) electrons. The van der Waals surface area contributed by atoms with Crippen LogP contribution >= 0.6 is 0 Å². The highest BCUT2D eigenvalue weighted by atomic mass is 16.5. The summed E-state index contributed by atoms with van der Waals surface area (Å²) in [6.07, 6.45) is 0. The Bertz CT molecular complexity index is 870. The fourth-order valence-corrected chi connectivity index (χ4v) is 3.36. The molecule has 0 saturated carbocycles. The summed E-state index contributed by atoms with van der Waals surface area (Å²) in [5, 5.41) is 36.8. The van der Waals surface area contributed by atoms with Gasteiger partial charge in [0, 0.05) is 39.3 Å². The molecule has 2 aromatic rings. The van der Waals surface area contributed by atoms with Crippen LogP contribution in [0.4, 0.5) is 0 Å². The Morgan fingerprint density at radius 3 is 1.44 bits per heavy atom. The van der Waals surface area contributed by atoms with E-state index in [4.69, 9.17) is 19.7 Å². The van der Waals surface area contributed by atoms with Crippen molar-refractivity contribution < 1.29 is 39.5 Å². The predicted octanol–water partition coefficient (Wildman–Crippen LogP) is 0.195. The van der Waals surface area contributed by atoms with E-state index >= 15 is 0 Å². The Labute approximate surface area is 209 Å². The molecule has 12 heteroatoms. The number of aliphatic hydroxyl groups is 2. The number of aromatic nitrogens is 2.